The Labute approximate surface area is 106 Å². The second-order valence-electron chi connectivity index (χ2n) is 6.50. The first-order valence-corrected chi connectivity index (χ1v) is 7.66. The zero-order chi connectivity index (χ0) is 13.9. The molecule has 0 aliphatic carbocycles. The van der Waals surface area contributed by atoms with Gasteiger partial charge >= 0.3 is 0 Å². The van der Waals surface area contributed by atoms with Gasteiger partial charge in [0.05, 0.1) is 16.6 Å². The molecule has 1 atom stereocenters. The molecule has 0 saturated carbocycles. The predicted molar refractivity (Wildman–Crippen MR) is 71.9 cm³/mol. The molecule has 0 aliphatic heterocycles. The predicted octanol–water partition coefficient (Wildman–Crippen LogP) is 1.34. The molecule has 0 radical (unpaired) electrons. The lowest BCUT2D eigenvalue weighted by Crippen LogP contribution is -2.41. The van der Waals surface area contributed by atoms with Crippen molar-refractivity contribution in [2.45, 2.75) is 64.4 Å². The summed E-state index contributed by atoms with van der Waals surface area (Å²) < 4.78 is 22.9. The molecular formula is C12H27NO3S. The quantitative estimate of drug-likeness (QED) is 0.787. The summed E-state index contributed by atoms with van der Waals surface area (Å²) >= 11 is 0. The molecule has 0 heterocycles. The Kier molecular flexibility index (Phi) is 5.63. The Balaban J connectivity index is 4.14. The Morgan fingerprint density at radius 2 is 1.59 bits per heavy atom. The highest BCUT2D eigenvalue weighted by atomic mass is 32.2. The molecule has 0 spiro atoms. The average Bonchev–Trinajstić information content (AvgIpc) is 2.08. The monoisotopic (exact) mass is 265 g/mol. The number of aliphatic hydroxyl groups excluding tert-OH is 1. The number of nitrogens with one attached hydrogen (secondary N) is 1. The van der Waals surface area contributed by atoms with Gasteiger partial charge < -0.3 is 10.4 Å². The molecule has 0 aromatic carbocycles. The third-order valence-corrected chi connectivity index (χ3v) is 5.16. The molecule has 1 unspecified atom stereocenters. The van der Waals surface area contributed by atoms with Crippen LogP contribution in [0, 0.1) is 0 Å². The van der Waals surface area contributed by atoms with Crippen LogP contribution in [0.3, 0.4) is 0 Å². The van der Waals surface area contributed by atoms with E-state index in [1.54, 1.807) is 20.8 Å². The molecule has 0 aliphatic rings. The zero-order valence-electron chi connectivity index (χ0n) is 11.9. The van der Waals surface area contributed by atoms with E-state index in [0.29, 0.717) is 6.54 Å². The molecule has 0 aromatic rings. The van der Waals surface area contributed by atoms with Crippen molar-refractivity contribution in [3.63, 3.8) is 0 Å². The van der Waals surface area contributed by atoms with Gasteiger partial charge in [0.1, 0.15) is 0 Å². The minimum absolute atomic E-state index is 0.0312. The average molecular weight is 265 g/mol. The molecule has 0 aromatic heterocycles. The van der Waals surface area contributed by atoms with Gasteiger partial charge in [-0.2, -0.15) is 0 Å². The highest BCUT2D eigenvalue weighted by Crippen LogP contribution is 2.17. The number of aliphatic hydroxyl groups is 1. The van der Waals surface area contributed by atoms with E-state index in [1.165, 1.54) is 0 Å². The molecule has 0 saturated heterocycles. The number of sulfone groups is 1. The van der Waals surface area contributed by atoms with E-state index in [9.17, 15) is 13.5 Å². The van der Waals surface area contributed by atoms with E-state index < -0.39 is 20.7 Å². The minimum atomic E-state index is -3.13. The standard InChI is InChI=1S/C12H27NO3S/c1-11(2,3)13-9-10(14)7-8-17(15,16)12(4,5)6/h10,13-14H,7-9H2,1-6H3. The Morgan fingerprint density at radius 3 is 1.94 bits per heavy atom. The van der Waals surface area contributed by atoms with E-state index in [4.69, 9.17) is 0 Å². The minimum Gasteiger partial charge on any atom is -0.392 e. The molecule has 17 heavy (non-hydrogen) atoms. The molecule has 0 rings (SSSR count). The van der Waals surface area contributed by atoms with Crippen LogP contribution in [0.25, 0.3) is 0 Å². The maximum atomic E-state index is 11.8. The van der Waals surface area contributed by atoms with Gasteiger partial charge in [-0.25, -0.2) is 8.42 Å². The van der Waals surface area contributed by atoms with Gasteiger partial charge in [-0.15, -0.1) is 0 Å². The van der Waals surface area contributed by atoms with Crippen LogP contribution in [-0.4, -0.2) is 42.2 Å². The molecule has 0 amide bonds. The number of hydrogen-bond acceptors (Lipinski definition) is 4. The van der Waals surface area contributed by atoms with Gasteiger partial charge in [0, 0.05) is 12.1 Å². The maximum absolute atomic E-state index is 11.8. The number of rotatable bonds is 5. The summed E-state index contributed by atoms with van der Waals surface area (Å²) in [6.07, 6.45) is -0.339. The molecule has 4 nitrogen and oxygen atoms in total. The Hall–Kier alpha value is -0.130. The van der Waals surface area contributed by atoms with Gasteiger partial charge in [-0.05, 0) is 48.0 Å². The highest BCUT2D eigenvalue weighted by molar-refractivity contribution is 7.92. The van der Waals surface area contributed by atoms with Crippen molar-refractivity contribution in [2.24, 2.45) is 0 Å². The van der Waals surface area contributed by atoms with Crippen molar-refractivity contribution in [1.29, 1.82) is 0 Å². The van der Waals surface area contributed by atoms with Crippen LogP contribution in [0.1, 0.15) is 48.0 Å². The van der Waals surface area contributed by atoms with Crippen molar-refractivity contribution in [1.82, 2.24) is 5.32 Å². The number of β-amino-alcohol motifs (C(OH)–C–C–N with tert-alkyl or cyclic N) is 1. The summed E-state index contributed by atoms with van der Waals surface area (Å²) in [4.78, 5) is 0. The topological polar surface area (TPSA) is 66.4 Å². The first-order valence-electron chi connectivity index (χ1n) is 6.00. The molecular weight excluding hydrogens is 238 g/mol. The molecule has 0 bridgehead atoms. The van der Waals surface area contributed by atoms with Gasteiger partial charge in [-0.3, -0.25) is 0 Å². The van der Waals surface area contributed by atoms with Crippen LogP contribution in [0.2, 0.25) is 0 Å². The highest BCUT2D eigenvalue weighted by Gasteiger charge is 2.29. The summed E-state index contributed by atoms with van der Waals surface area (Å²) in [6, 6.07) is 0. The summed E-state index contributed by atoms with van der Waals surface area (Å²) in [5.74, 6) is 0.0312. The van der Waals surface area contributed by atoms with Crippen molar-refractivity contribution in [3.05, 3.63) is 0 Å². The van der Waals surface area contributed by atoms with Gasteiger partial charge in [0.15, 0.2) is 9.84 Å². The Bertz CT molecular complexity index is 323. The fraction of sp³-hybridized carbons (Fsp3) is 1.00. The third kappa shape index (κ3) is 7.01. The molecule has 104 valence electrons. The van der Waals surface area contributed by atoms with E-state index in [-0.39, 0.29) is 17.7 Å². The van der Waals surface area contributed by atoms with Gasteiger partial charge in [0.2, 0.25) is 0 Å². The normalized spacial score (nSPS) is 15.9. The summed E-state index contributed by atoms with van der Waals surface area (Å²) in [7, 11) is -3.13. The number of hydrogen-bond donors (Lipinski definition) is 2. The van der Waals surface area contributed by atoms with Crippen LogP contribution < -0.4 is 5.32 Å². The second kappa shape index (κ2) is 5.67. The zero-order valence-corrected chi connectivity index (χ0v) is 12.7. The lowest BCUT2D eigenvalue weighted by Gasteiger charge is -2.24. The second-order valence-corrected chi connectivity index (χ2v) is 9.37. The third-order valence-electron chi connectivity index (χ3n) is 2.52. The molecule has 5 heteroatoms. The molecule has 2 N–H and O–H groups in total. The Morgan fingerprint density at radius 1 is 1.12 bits per heavy atom. The SMILES string of the molecule is CC(C)(C)NCC(O)CCS(=O)(=O)C(C)(C)C. The summed E-state index contributed by atoms with van der Waals surface area (Å²) in [5, 5.41) is 12.9. The van der Waals surface area contributed by atoms with Crippen molar-refractivity contribution < 1.29 is 13.5 Å². The van der Waals surface area contributed by atoms with Crippen LogP contribution in [0.4, 0.5) is 0 Å². The van der Waals surface area contributed by atoms with E-state index in [2.05, 4.69) is 5.32 Å². The van der Waals surface area contributed by atoms with E-state index in [1.807, 2.05) is 20.8 Å². The summed E-state index contributed by atoms with van der Waals surface area (Å²) in [5.41, 5.74) is -0.0656. The largest absolute Gasteiger partial charge is 0.392 e. The van der Waals surface area contributed by atoms with Crippen LogP contribution in [0.5, 0.6) is 0 Å². The maximum Gasteiger partial charge on any atom is 0.155 e. The lowest BCUT2D eigenvalue weighted by molar-refractivity contribution is 0.157. The fourth-order valence-corrected chi connectivity index (χ4v) is 2.32. The summed E-state index contributed by atoms with van der Waals surface area (Å²) in [6.45, 7) is 11.5. The van der Waals surface area contributed by atoms with Crippen molar-refractivity contribution in [2.75, 3.05) is 12.3 Å². The fourth-order valence-electron chi connectivity index (χ4n) is 1.12. The van der Waals surface area contributed by atoms with E-state index in [0.717, 1.165) is 0 Å². The van der Waals surface area contributed by atoms with Crippen molar-refractivity contribution >= 4 is 9.84 Å². The van der Waals surface area contributed by atoms with Crippen LogP contribution in [-0.2, 0) is 9.84 Å². The van der Waals surface area contributed by atoms with E-state index >= 15 is 0 Å². The lowest BCUT2D eigenvalue weighted by atomic mass is 10.1. The van der Waals surface area contributed by atoms with Crippen LogP contribution in [0.15, 0.2) is 0 Å². The smallest absolute Gasteiger partial charge is 0.155 e. The molecule has 0 fully saturated rings. The van der Waals surface area contributed by atoms with Gasteiger partial charge in [-0.1, -0.05) is 0 Å². The van der Waals surface area contributed by atoms with Crippen molar-refractivity contribution in [3.8, 4) is 0 Å². The van der Waals surface area contributed by atoms with Crippen LogP contribution >= 0.6 is 0 Å². The first-order chi connectivity index (χ1) is 7.35. The first kappa shape index (κ1) is 16.9. The van der Waals surface area contributed by atoms with Gasteiger partial charge in [0.25, 0.3) is 0 Å².